The highest BCUT2D eigenvalue weighted by molar-refractivity contribution is 9.10. The van der Waals surface area contributed by atoms with Gasteiger partial charge in [-0.3, -0.25) is 4.79 Å². The van der Waals surface area contributed by atoms with Gasteiger partial charge in [-0.1, -0.05) is 64.5 Å². The number of carbonyl (C=O) groups excluding carboxylic acids is 1. The Morgan fingerprint density at radius 2 is 1.74 bits per heavy atom. The quantitative estimate of drug-likeness (QED) is 0.505. The predicted octanol–water partition coefficient (Wildman–Crippen LogP) is 4.78. The van der Waals surface area contributed by atoms with E-state index in [1.807, 2.05) is 54.6 Å². The first-order valence-corrected chi connectivity index (χ1v) is 9.52. The van der Waals surface area contributed by atoms with Crippen molar-refractivity contribution >= 4 is 32.9 Å². The summed E-state index contributed by atoms with van der Waals surface area (Å²) in [6.45, 7) is 1.08. The van der Waals surface area contributed by atoms with E-state index in [-0.39, 0.29) is 5.91 Å². The monoisotopic (exact) mass is 419 g/mol. The molecule has 0 bridgehead atoms. The molecule has 4 aromatic rings. The highest BCUT2D eigenvalue weighted by Gasteiger charge is 2.13. The summed E-state index contributed by atoms with van der Waals surface area (Å²) >= 11 is 3.40. The van der Waals surface area contributed by atoms with Crippen LogP contribution in [0, 0.1) is 0 Å². The molecule has 0 fully saturated rings. The van der Waals surface area contributed by atoms with Gasteiger partial charge in [-0.2, -0.15) is 0 Å². The number of hydrogen-bond acceptors (Lipinski definition) is 2. The van der Waals surface area contributed by atoms with Gasteiger partial charge in [0.15, 0.2) is 0 Å². The Bertz CT molecular complexity index is 1090. The van der Waals surface area contributed by atoms with Crippen LogP contribution in [0.5, 0.6) is 0 Å². The molecule has 0 atom stereocenters. The van der Waals surface area contributed by atoms with E-state index in [0.717, 1.165) is 21.3 Å². The number of para-hydroxylation sites is 2. The molecule has 134 valence electrons. The van der Waals surface area contributed by atoms with Crippen molar-refractivity contribution in [3.05, 3.63) is 100 Å². The van der Waals surface area contributed by atoms with Crippen LogP contribution in [-0.4, -0.2) is 15.5 Å². The van der Waals surface area contributed by atoms with Crippen molar-refractivity contribution < 1.29 is 4.79 Å². The van der Waals surface area contributed by atoms with Crippen LogP contribution < -0.4 is 5.32 Å². The summed E-state index contributed by atoms with van der Waals surface area (Å²) in [6, 6.07) is 25.7. The van der Waals surface area contributed by atoms with Gasteiger partial charge in [0.1, 0.15) is 5.82 Å². The molecule has 0 unspecified atom stereocenters. The van der Waals surface area contributed by atoms with Crippen molar-refractivity contribution in [2.75, 3.05) is 0 Å². The van der Waals surface area contributed by atoms with Crippen LogP contribution in [0.4, 0.5) is 0 Å². The average Bonchev–Trinajstić information content (AvgIpc) is 3.04. The minimum absolute atomic E-state index is 0.116. The molecule has 3 aromatic carbocycles. The number of hydrogen-bond donors (Lipinski definition) is 1. The Kier molecular flexibility index (Phi) is 5.03. The number of halogens is 1. The van der Waals surface area contributed by atoms with E-state index in [4.69, 9.17) is 4.98 Å². The molecule has 1 aromatic heterocycles. The number of fused-ring (bicyclic) bond motifs is 1. The van der Waals surface area contributed by atoms with Crippen LogP contribution in [0.3, 0.4) is 0 Å². The molecule has 4 nitrogen and oxygen atoms in total. The third-order valence-electron chi connectivity index (χ3n) is 4.41. The second-order valence-corrected chi connectivity index (χ2v) is 7.20. The molecule has 1 heterocycles. The average molecular weight is 420 g/mol. The summed E-state index contributed by atoms with van der Waals surface area (Å²) < 4.78 is 3.04. The van der Waals surface area contributed by atoms with E-state index >= 15 is 0 Å². The van der Waals surface area contributed by atoms with Gasteiger partial charge >= 0.3 is 0 Å². The van der Waals surface area contributed by atoms with E-state index in [9.17, 15) is 4.79 Å². The van der Waals surface area contributed by atoms with Crippen molar-refractivity contribution in [2.45, 2.75) is 13.1 Å². The minimum Gasteiger partial charge on any atom is -0.345 e. The molecule has 27 heavy (non-hydrogen) atoms. The molecule has 0 spiro atoms. The second kappa shape index (κ2) is 7.76. The van der Waals surface area contributed by atoms with Crippen molar-refractivity contribution in [3.8, 4) is 0 Å². The Morgan fingerprint density at radius 1 is 0.963 bits per heavy atom. The number of nitrogens with one attached hydrogen (secondary N) is 1. The Hall–Kier alpha value is -2.92. The van der Waals surface area contributed by atoms with Gasteiger partial charge in [0.25, 0.3) is 5.91 Å². The van der Waals surface area contributed by atoms with Crippen molar-refractivity contribution in [3.63, 3.8) is 0 Å². The zero-order valence-corrected chi connectivity index (χ0v) is 16.2. The van der Waals surface area contributed by atoms with Crippen LogP contribution in [0.2, 0.25) is 0 Å². The van der Waals surface area contributed by atoms with E-state index in [1.165, 1.54) is 5.56 Å². The Labute approximate surface area is 166 Å². The number of amides is 1. The van der Waals surface area contributed by atoms with Crippen LogP contribution in [0.1, 0.15) is 21.7 Å². The normalized spacial score (nSPS) is 10.9. The van der Waals surface area contributed by atoms with Gasteiger partial charge < -0.3 is 9.88 Å². The summed E-state index contributed by atoms with van der Waals surface area (Å²) in [5, 5.41) is 2.99. The van der Waals surface area contributed by atoms with Crippen molar-refractivity contribution in [1.82, 2.24) is 14.9 Å². The molecular weight excluding hydrogens is 402 g/mol. The van der Waals surface area contributed by atoms with Gasteiger partial charge in [0, 0.05) is 16.6 Å². The summed E-state index contributed by atoms with van der Waals surface area (Å²) in [5.41, 5.74) is 3.81. The number of imidazole rings is 1. The zero-order valence-electron chi connectivity index (χ0n) is 14.6. The molecule has 0 saturated heterocycles. The van der Waals surface area contributed by atoms with E-state index < -0.39 is 0 Å². The minimum atomic E-state index is -0.116. The lowest BCUT2D eigenvalue weighted by Crippen LogP contribution is -2.24. The maximum Gasteiger partial charge on any atom is 0.251 e. The number of nitrogens with zero attached hydrogens (tertiary/aromatic N) is 2. The van der Waals surface area contributed by atoms with Gasteiger partial charge in [-0.25, -0.2) is 4.98 Å². The Morgan fingerprint density at radius 3 is 2.56 bits per heavy atom. The van der Waals surface area contributed by atoms with E-state index in [1.54, 1.807) is 6.07 Å². The lowest BCUT2D eigenvalue weighted by atomic mass is 10.2. The maximum absolute atomic E-state index is 12.5. The number of carbonyl (C=O) groups is 1. The molecule has 1 amide bonds. The fourth-order valence-electron chi connectivity index (χ4n) is 3.09. The lowest BCUT2D eigenvalue weighted by Gasteiger charge is -2.11. The van der Waals surface area contributed by atoms with Crippen LogP contribution >= 0.6 is 15.9 Å². The fraction of sp³-hybridized carbons (Fsp3) is 0.0909. The molecule has 0 aliphatic rings. The summed E-state index contributed by atoms with van der Waals surface area (Å²) in [5.74, 6) is 0.720. The largest absolute Gasteiger partial charge is 0.345 e. The molecule has 5 heteroatoms. The molecule has 4 rings (SSSR count). The Balaban J connectivity index is 1.61. The SMILES string of the molecule is O=C(NCc1nc2ccccc2n1Cc1ccccc1)c1cccc(Br)c1. The topological polar surface area (TPSA) is 46.9 Å². The standard InChI is InChI=1S/C22H18BrN3O/c23-18-10-6-9-17(13-18)22(27)24-14-21-25-19-11-4-5-12-20(19)26(21)15-16-7-2-1-3-8-16/h1-13H,14-15H2,(H,24,27). The summed E-state index contributed by atoms with van der Waals surface area (Å²) in [6.07, 6.45) is 0. The van der Waals surface area contributed by atoms with Crippen molar-refractivity contribution in [1.29, 1.82) is 0 Å². The first-order valence-electron chi connectivity index (χ1n) is 8.72. The summed E-state index contributed by atoms with van der Waals surface area (Å²) in [7, 11) is 0. The molecule has 0 saturated carbocycles. The van der Waals surface area contributed by atoms with E-state index in [2.05, 4.69) is 44.0 Å². The zero-order chi connectivity index (χ0) is 18.6. The second-order valence-electron chi connectivity index (χ2n) is 6.28. The fourth-order valence-corrected chi connectivity index (χ4v) is 3.49. The number of aromatic nitrogens is 2. The summed E-state index contributed by atoms with van der Waals surface area (Å²) in [4.78, 5) is 17.2. The van der Waals surface area contributed by atoms with Crippen LogP contribution in [0.15, 0.2) is 83.3 Å². The molecule has 0 aliphatic carbocycles. The third kappa shape index (κ3) is 3.93. The van der Waals surface area contributed by atoms with Gasteiger partial charge in [0.05, 0.1) is 17.6 Å². The molecule has 1 N–H and O–H groups in total. The number of benzene rings is 3. The lowest BCUT2D eigenvalue weighted by molar-refractivity contribution is 0.0949. The van der Waals surface area contributed by atoms with Crippen LogP contribution in [0.25, 0.3) is 11.0 Å². The molecule has 0 aliphatic heterocycles. The first-order chi connectivity index (χ1) is 13.2. The molecular formula is C22H18BrN3O. The smallest absolute Gasteiger partial charge is 0.251 e. The highest BCUT2D eigenvalue weighted by Crippen LogP contribution is 2.18. The maximum atomic E-state index is 12.5. The predicted molar refractivity (Wildman–Crippen MR) is 111 cm³/mol. The van der Waals surface area contributed by atoms with E-state index in [0.29, 0.717) is 18.7 Å². The van der Waals surface area contributed by atoms with Gasteiger partial charge in [-0.15, -0.1) is 0 Å². The third-order valence-corrected chi connectivity index (χ3v) is 4.90. The van der Waals surface area contributed by atoms with Gasteiger partial charge in [0.2, 0.25) is 0 Å². The highest BCUT2D eigenvalue weighted by atomic mass is 79.9. The number of rotatable bonds is 5. The van der Waals surface area contributed by atoms with Crippen LogP contribution in [-0.2, 0) is 13.1 Å². The van der Waals surface area contributed by atoms with Gasteiger partial charge in [-0.05, 0) is 35.9 Å². The van der Waals surface area contributed by atoms with Crippen molar-refractivity contribution in [2.24, 2.45) is 0 Å². The molecule has 0 radical (unpaired) electrons. The first kappa shape index (κ1) is 17.5.